The van der Waals surface area contributed by atoms with Crippen molar-refractivity contribution >= 4 is 11.7 Å². The highest BCUT2D eigenvalue weighted by Gasteiger charge is 2.22. The van der Waals surface area contributed by atoms with Crippen molar-refractivity contribution in [2.45, 2.75) is 33.2 Å². The Morgan fingerprint density at radius 1 is 1.14 bits per heavy atom. The molecule has 0 N–H and O–H groups in total. The number of hydrogen-bond donors (Lipinski definition) is 0. The van der Waals surface area contributed by atoms with E-state index in [0.29, 0.717) is 19.0 Å². The molecule has 0 spiro atoms. The third-order valence-corrected chi connectivity index (χ3v) is 5.19. The zero-order chi connectivity index (χ0) is 21.0. The van der Waals surface area contributed by atoms with Crippen LogP contribution in [0.15, 0.2) is 30.3 Å². The Labute approximate surface area is 172 Å². The van der Waals surface area contributed by atoms with Crippen molar-refractivity contribution in [1.82, 2.24) is 19.8 Å². The Balaban J connectivity index is 1.51. The lowest BCUT2D eigenvalue weighted by atomic mass is 10.2. The van der Waals surface area contributed by atoms with Gasteiger partial charge in [0.2, 0.25) is 5.91 Å². The van der Waals surface area contributed by atoms with Crippen molar-refractivity contribution in [2.75, 3.05) is 44.7 Å². The van der Waals surface area contributed by atoms with E-state index in [-0.39, 0.29) is 11.7 Å². The third kappa shape index (κ3) is 5.73. The van der Waals surface area contributed by atoms with Crippen molar-refractivity contribution in [3.05, 3.63) is 53.2 Å². The molecule has 7 heteroatoms. The van der Waals surface area contributed by atoms with Gasteiger partial charge in [-0.2, -0.15) is 0 Å². The van der Waals surface area contributed by atoms with Crippen LogP contribution in [0, 0.1) is 12.7 Å². The number of nitrogens with zero attached hydrogens (tertiary/aromatic N) is 5. The fourth-order valence-corrected chi connectivity index (χ4v) is 3.39. The standard InChI is InChI=1S/C22H30FN5O/c1-16(2)22-24-17(3)13-20(25-22)28-11-9-27(10-12-28)15-21(29)26(4)14-18-5-7-19(23)8-6-18/h5-8,13,16H,9-12,14-15H2,1-4H3. The maximum absolute atomic E-state index is 13.0. The van der Waals surface area contributed by atoms with E-state index in [1.54, 1.807) is 24.1 Å². The largest absolute Gasteiger partial charge is 0.354 e. The molecule has 1 amide bonds. The highest BCUT2D eigenvalue weighted by atomic mass is 19.1. The first-order chi connectivity index (χ1) is 13.8. The Morgan fingerprint density at radius 2 is 1.79 bits per heavy atom. The zero-order valence-corrected chi connectivity index (χ0v) is 17.7. The monoisotopic (exact) mass is 399 g/mol. The first-order valence-corrected chi connectivity index (χ1v) is 10.1. The number of hydrogen-bond acceptors (Lipinski definition) is 5. The summed E-state index contributed by atoms with van der Waals surface area (Å²) in [6.07, 6.45) is 0. The predicted molar refractivity (Wildman–Crippen MR) is 112 cm³/mol. The van der Waals surface area contributed by atoms with E-state index < -0.39 is 0 Å². The molecule has 1 fully saturated rings. The molecule has 1 aliphatic rings. The van der Waals surface area contributed by atoms with E-state index in [0.717, 1.165) is 49.1 Å². The van der Waals surface area contributed by atoms with Crippen molar-refractivity contribution < 1.29 is 9.18 Å². The van der Waals surface area contributed by atoms with Crippen LogP contribution in [0.4, 0.5) is 10.2 Å². The topological polar surface area (TPSA) is 52.6 Å². The lowest BCUT2D eigenvalue weighted by Crippen LogP contribution is -2.50. The van der Waals surface area contributed by atoms with Crippen molar-refractivity contribution in [3.8, 4) is 0 Å². The smallest absolute Gasteiger partial charge is 0.236 e. The second-order valence-corrected chi connectivity index (χ2v) is 8.02. The van der Waals surface area contributed by atoms with Gasteiger partial charge in [0.25, 0.3) is 0 Å². The van der Waals surface area contributed by atoms with Gasteiger partial charge in [0.1, 0.15) is 17.5 Å². The van der Waals surface area contributed by atoms with Crippen molar-refractivity contribution in [2.24, 2.45) is 0 Å². The molecule has 0 aliphatic carbocycles. The molecule has 1 aliphatic heterocycles. The number of halogens is 1. The van der Waals surface area contributed by atoms with Gasteiger partial charge in [0.05, 0.1) is 6.54 Å². The van der Waals surface area contributed by atoms with Crippen LogP contribution in [0.5, 0.6) is 0 Å². The number of benzene rings is 1. The predicted octanol–water partition coefficient (Wildman–Crippen LogP) is 2.83. The molecule has 1 aromatic heterocycles. The summed E-state index contributed by atoms with van der Waals surface area (Å²) in [6, 6.07) is 8.31. The summed E-state index contributed by atoms with van der Waals surface area (Å²) in [7, 11) is 1.79. The maximum Gasteiger partial charge on any atom is 0.236 e. The van der Waals surface area contributed by atoms with Gasteiger partial charge >= 0.3 is 0 Å². The van der Waals surface area contributed by atoms with E-state index in [2.05, 4.69) is 28.6 Å². The zero-order valence-electron chi connectivity index (χ0n) is 17.7. The molecule has 0 bridgehead atoms. The number of anilines is 1. The quantitative estimate of drug-likeness (QED) is 0.748. The summed E-state index contributed by atoms with van der Waals surface area (Å²) in [4.78, 5) is 28.0. The highest BCUT2D eigenvalue weighted by Crippen LogP contribution is 2.18. The van der Waals surface area contributed by atoms with Gasteiger partial charge in [0.15, 0.2) is 0 Å². The summed E-state index contributed by atoms with van der Waals surface area (Å²) in [5.41, 5.74) is 1.91. The van der Waals surface area contributed by atoms with Crippen LogP contribution in [0.2, 0.25) is 0 Å². The minimum Gasteiger partial charge on any atom is -0.354 e. The Morgan fingerprint density at radius 3 is 2.41 bits per heavy atom. The Kier molecular flexibility index (Phi) is 6.79. The first kappa shape index (κ1) is 21.2. The second kappa shape index (κ2) is 9.31. The second-order valence-electron chi connectivity index (χ2n) is 8.02. The number of aromatic nitrogens is 2. The van der Waals surface area contributed by atoms with Crippen LogP contribution in [0.1, 0.15) is 36.8 Å². The van der Waals surface area contributed by atoms with Gasteiger partial charge in [-0.1, -0.05) is 26.0 Å². The van der Waals surface area contributed by atoms with E-state index in [4.69, 9.17) is 4.98 Å². The number of aryl methyl sites for hydroxylation is 1. The summed E-state index contributed by atoms with van der Waals surface area (Å²) < 4.78 is 13.0. The minimum absolute atomic E-state index is 0.0720. The molecule has 1 saturated heterocycles. The molecular weight excluding hydrogens is 369 g/mol. The molecule has 1 aromatic carbocycles. The molecule has 0 radical (unpaired) electrons. The van der Waals surface area contributed by atoms with Crippen molar-refractivity contribution in [1.29, 1.82) is 0 Å². The summed E-state index contributed by atoms with van der Waals surface area (Å²) >= 11 is 0. The lowest BCUT2D eigenvalue weighted by molar-refractivity contribution is -0.131. The average molecular weight is 400 g/mol. The number of carbonyl (C=O) groups is 1. The maximum atomic E-state index is 13.0. The molecule has 29 heavy (non-hydrogen) atoms. The van der Waals surface area contributed by atoms with Crippen LogP contribution >= 0.6 is 0 Å². The molecule has 0 saturated carbocycles. The molecule has 2 aromatic rings. The molecule has 156 valence electrons. The first-order valence-electron chi connectivity index (χ1n) is 10.1. The van der Waals surface area contributed by atoms with Gasteiger partial charge in [-0.05, 0) is 24.6 Å². The Hall–Kier alpha value is -2.54. The van der Waals surface area contributed by atoms with Crippen LogP contribution < -0.4 is 4.90 Å². The number of piperazine rings is 1. The van der Waals surface area contributed by atoms with Gasteiger partial charge in [0, 0.05) is 57.4 Å². The number of carbonyl (C=O) groups excluding carboxylic acids is 1. The van der Waals surface area contributed by atoms with Crippen LogP contribution in [0.25, 0.3) is 0 Å². The van der Waals surface area contributed by atoms with Crippen molar-refractivity contribution in [3.63, 3.8) is 0 Å². The fourth-order valence-electron chi connectivity index (χ4n) is 3.39. The fraction of sp³-hybridized carbons (Fsp3) is 0.500. The van der Waals surface area contributed by atoms with E-state index >= 15 is 0 Å². The summed E-state index contributed by atoms with van der Waals surface area (Å²) in [5.74, 6) is 1.95. The third-order valence-electron chi connectivity index (χ3n) is 5.19. The van der Waals surface area contributed by atoms with Crippen LogP contribution in [0.3, 0.4) is 0 Å². The molecule has 0 atom stereocenters. The van der Waals surface area contributed by atoms with E-state index in [1.165, 1.54) is 12.1 Å². The molecule has 2 heterocycles. The molecule has 3 rings (SSSR count). The normalized spacial score (nSPS) is 15.0. The molecule has 0 unspecified atom stereocenters. The number of rotatable bonds is 6. The molecular formula is C22H30FN5O. The van der Waals surface area contributed by atoms with E-state index in [1.807, 2.05) is 13.0 Å². The minimum atomic E-state index is -0.264. The van der Waals surface area contributed by atoms with Gasteiger partial charge in [-0.25, -0.2) is 14.4 Å². The van der Waals surface area contributed by atoms with Gasteiger partial charge in [-0.3, -0.25) is 9.69 Å². The van der Waals surface area contributed by atoms with E-state index in [9.17, 15) is 9.18 Å². The average Bonchev–Trinajstić information content (AvgIpc) is 2.69. The SMILES string of the molecule is Cc1cc(N2CCN(CC(=O)N(C)Cc3ccc(F)cc3)CC2)nc(C(C)C)n1. The van der Waals surface area contributed by atoms with Gasteiger partial charge in [-0.15, -0.1) is 0 Å². The lowest BCUT2D eigenvalue weighted by Gasteiger charge is -2.36. The number of amides is 1. The highest BCUT2D eigenvalue weighted by molar-refractivity contribution is 5.78. The summed E-state index contributed by atoms with van der Waals surface area (Å²) in [6.45, 7) is 10.4. The Bertz CT molecular complexity index is 832. The van der Waals surface area contributed by atoms with Crippen LogP contribution in [-0.4, -0.2) is 65.4 Å². The molecule has 6 nitrogen and oxygen atoms in total. The van der Waals surface area contributed by atoms with Crippen LogP contribution in [-0.2, 0) is 11.3 Å². The summed E-state index contributed by atoms with van der Waals surface area (Å²) in [5, 5.41) is 0. The van der Waals surface area contributed by atoms with Gasteiger partial charge < -0.3 is 9.80 Å². The number of likely N-dealkylation sites (N-methyl/N-ethyl adjacent to an activating group) is 1.